The zero-order valence-electron chi connectivity index (χ0n) is 48.4. The van der Waals surface area contributed by atoms with E-state index in [1.54, 1.807) is 37.7 Å². The van der Waals surface area contributed by atoms with Crippen molar-refractivity contribution in [2.75, 3.05) is 27.2 Å². The highest BCUT2D eigenvalue weighted by atomic mass is 16.2. The van der Waals surface area contributed by atoms with Gasteiger partial charge in [-0.2, -0.15) is 5.11 Å². The molecule has 1 unspecified atom stereocenters. The predicted octanol–water partition coefficient (Wildman–Crippen LogP) is 5.79. The van der Waals surface area contributed by atoms with E-state index >= 15 is 0 Å². The first-order valence-corrected chi connectivity index (χ1v) is 30.3. The second-order valence-corrected chi connectivity index (χ2v) is 23.3. The van der Waals surface area contributed by atoms with E-state index in [0.29, 0.717) is 44.5 Å². The summed E-state index contributed by atoms with van der Waals surface area (Å²) in [4.78, 5) is 86.1. The largest absolute Gasteiger partial charge is 0.345 e. The molecule has 4 aromatic rings. The summed E-state index contributed by atoms with van der Waals surface area (Å²) in [6.07, 6.45) is 16.5. The van der Waals surface area contributed by atoms with Crippen molar-refractivity contribution in [3.8, 4) is 0 Å². The zero-order valence-corrected chi connectivity index (χ0v) is 48.4. The highest BCUT2D eigenvalue weighted by Gasteiger charge is 2.47. The molecule has 6 amide bonds. The summed E-state index contributed by atoms with van der Waals surface area (Å²) in [5.74, 6) is -1.24. The van der Waals surface area contributed by atoms with Crippen molar-refractivity contribution in [1.82, 2.24) is 61.7 Å². The van der Waals surface area contributed by atoms with Crippen LogP contribution in [0.2, 0.25) is 0 Å². The van der Waals surface area contributed by atoms with E-state index in [1.165, 1.54) is 11.1 Å². The molecular weight excluding hydrogens is 1040 g/mol. The van der Waals surface area contributed by atoms with Crippen LogP contribution in [0.4, 0.5) is 0 Å². The van der Waals surface area contributed by atoms with E-state index in [1.807, 2.05) is 76.6 Å². The SMILES string of the molecule is CN[C@@H](C)C(=O)N[C@H]1CCCC[C@H]2CC[C@@H](C(=O)N[C@@H](c3ccccc3)c3cn(CCCCc4ccc(CCCCN5CC([C@@H](NC(=O)[C@@H]6CC[C@@H]7CCCC[C@H](NC(=O)[C@H](C)NC)C(=O)N76)c6ccccc6)N=N5)cc4)nn3)N2C1=O. The fourth-order valence-electron chi connectivity index (χ4n) is 12.6. The van der Waals surface area contributed by atoms with Gasteiger partial charge in [0.2, 0.25) is 35.4 Å². The Morgan fingerprint density at radius 1 is 0.585 bits per heavy atom. The van der Waals surface area contributed by atoms with Crippen molar-refractivity contribution in [1.29, 1.82) is 0 Å². The normalized spacial score (nSPS) is 24.2. The zero-order chi connectivity index (χ0) is 57.5. The van der Waals surface area contributed by atoms with Crippen LogP contribution in [0, 0.1) is 0 Å². The molecule has 82 heavy (non-hydrogen) atoms. The van der Waals surface area contributed by atoms with Crippen LogP contribution >= 0.6 is 0 Å². The predicted molar refractivity (Wildman–Crippen MR) is 311 cm³/mol. The van der Waals surface area contributed by atoms with Gasteiger partial charge in [0.1, 0.15) is 35.9 Å². The minimum Gasteiger partial charge on any atom is -0.345 e. The Balaban J connectivity index is 0.717. The minimum absolute atomic E-state index is 0.0337. The van der Waals surface area contributed by atoms with Crippen LogP contribution < -0.4 is 31.9 Å². The molecule has 440 valence electrons. The Bertz CT molecular complexity index is 2800. The summed E-state index contributed by atoms with van der Waals surface area (Å²) in [6, 6.07) is 23.7. The highest BCUT2D eigenvalue weighted by Crippen LogP contribution is 2.35. The lowest BCUT2D eigenvalue weighted by atomic mass is 9.98. The molecular formula is C62H86N14O6. The number of nitrogens with one attached hydrogen (secondary N) is 6. The smallest absolute Gasteiger partial charge is 0.246 e. The van der Waals surface area contributed by atoms with Crippen molar-refractivity contribution >= 4 is 35.4 Å². The molecule has 20 heteroatoms. The number of rotatable bonds is 24. The Morgan fingerprint density at radius 3 is 1.62 bits per heavy atom. The van der Waals surface area contributed by atoms with Crippen LogP contribution in [0.3, 0.4) is 0 Å². The van der Waals surface area contributed by atoms with Crippen molar-refractivity contribution in [3.05, 3.63) is 119 Å². The number of fused-ring (bicyclic) bond motifs is 2. The number of unbranched alkanes of at least 4 members (excludes halogenated alkanes) is 2. The third kappa shape index (κ3) is 14.9. The van der Waals surface area contributed by atoms with Crippen molar-refractivity contribution in [3.63, 3.8) is 0 Å². The summed E-state index contributed by atoms with van der Waals surface area (Å²) in [5.41, 5.74) is 5.00. The van der Waals surface area contributed by atoms with E-state index in [2.05, 4.69) is 71.7 Å². The lowest BCUT2D eigenvalue weighted by molar-refractivity contribution is -0.144. The number of likely N-dealkylation sites (N-methyl/N-ethyl adjacent to an activating group) is 2. The highest BCUT2D eigenvalue weighted by molar-refractivity contribution is 5.95. The van der Waals surface area contributed by atoms with Gasteiger partial charge in [0.25, 0.3) is 0 Å². The molecule has 0 spiro atoms. The summed E-state index contributed by atoms with van der Waals surface area (Å²) in [7, 11) is 3.43. The van der Waals surface area contributed by atoms with E-state index in [0.717, 1.165) is 108 Å². The standard InChI is InChI=1S/C62H86N14O6/c1-41(63-3)57(77)65-49-27-13-11-25-47-33-35-53(75(47)61(49)81)59(79)67-55(45-21-7-5-8-22-45)51-39-73(71-69-51)37-17-15-19-43-29-31-44(32-30-43)20-16-18-38-74-40-52(70-72-74)56(46-23-9-6-10-24-46)68-60(80)54-36-34-48-26-12-14-28-50(62(82)76(48)54)66-58(78)42(2)64-4/h5-10,21-24,29-32,39,41-42,47-50,52-56,63-64H,11-20,25-28,33-38,40H2,1-4H3,(H,65,77)(H,66,78)(H,67,79)(H,68,80)/t41-,42-,47-,48-,49-,50-,52?,53-,54-,55-,56-/m0/s1. The molecule has 4 saturated heterocycles. The lowest BCUT2D eigenvalue weighted by Gasteiger charge is -2.36. The fraction of sp³-hybridized carbons (Fsp3) is 0.581. The number of hydrogen-bond acceptors (Lipinski definition) is 13. The number of aryl methyl sites for hydroxylation is 3. The molecule has 20 nitrogen and oxygen atoms in total. The molecule has 1 aromatic heterocycles. The molecule has 5 aliphatic heterocycles. The van der Waals surface area contributed by atoms with Gasteiger partial charge in [0.05, 0.1) is 36.9 Å². The molecule has 4 fully saturated rings. The molecule has 3 aromatic carbocycles. The first-order valence-electron chi connectivity index (χ1n) is 30.3. The molecule has 9 rings (SSSR count). The van der Waals surface area contributed by atoms with Gasteiger partial charge in [-0.25, -0.2) is 0 Å². The first kappa shape index (κ1) is 59.6. The van der Waals surface area contributed by atoms with Gasteiger partial charge in [-0.05, 0) is 140 Å². The van der Waals surface area contributed by atoms with Gasteiger partial charge >= 0.3 is 0 Å². The molecule has 0 saturated carbocycles. The number of carbonyl (C=O) groups excluding carboxylic acids is 6. The number of carbonyl (C=O) groups is 6. The Labute approximate surface area is 483 Å². The third-order valence-electron chi connectivity index (χ3n) is 17.7. The van der Waals surface area contributed by atoms with Crippen LogP contribution in [0.25, 0.3) is 0 Å². The van der Waals surface area contributed by atoms with Crippen molar-refractivity contribution < 1.29 is 28.8 Å². The summed E-state index contributed by atoms with van der Waals surface area (Å²) < 4.78 is 1.84. The number of aromatic nitrogens is 3. The van der Waals surface area contributed by atoms with Gasteiger partial charge in [-0.15, -0.1) is 5.10 Å². The summed E-state index contributed by atoms with van der Waals surface area (Å²) in [5, 5.41) is 38.7. The fourth-order valence-corrected chi connectivity index (χ4v) is 12.6. The van der Waals surface area contributed by atoms with Gasteiger partial charge in [-0.1, -0.05) is 121 Å². The minimum atomic E-state index is -0.674. The maximum atomic E-state index is 14.3. The molecule has 5 aliphatic rings. The summed E-state index contributed by atoms with van der Waals surface area (Å²) in [6.45, 7) is 5.52. The second kappa shape index (κ2) is 28.8. The van der Waals surface area contributed by atoms with Crippen LogP contribution in [-0.4, -0.2) is 147 Å². The van der Waals surface area contributed by atoms with E-state index < -0.39 is 48.3 Å². The molecule has 6 heterocycles. The Kier molecular flexibility index (Phi) is 20.9. The third-order valence-corrected chi connectivity index (χ3v) is 17.7. The molecule has 0 bridgehead atoms. The maximum Gasteiger partial charge on any atom is 0.246 e. The maximum absolute atomic E-state index is 14.3. The first-order chi connectivity index (χ1) is 39.9. The average Bonchev–Trinajstić information content (AvgIpc) is 4.39. The topological polar surface area (TPSA) is 240 Å². The van der Waals surface area contributed by atoms with Crippen molar-refractivity contribution in [2.24, 2.45) is 10.3 Å². The van der Waals surface area contributed by atoms with Crippen LogP contribution in [0.5, 0.6) is 0 Å². The quantitative estimate of drug-likeness (QED) is 0.0459. The molecule has 0 radical (unpaired) electrons. The molecule has 6 N–H and O–H groups in total. The second-order valence-electron chi connectivity index (χ2n) is 23.3. The van der Waals surface area contributed by atoms with E-state index in [4.69, 9.17) is 5.11 Å². The van der Waals surface area contributed by atoms with Gasteiger partial charge < -0.3 is 41.7 Å². The van der Waals surface area contributed by atoms with Crippen molar-refractivity contribution in [2.45, 2.75) is 202 Å². The monoisotopic (exact) mass is 1120 g/mol. The van der Waals surface area contributed by atoms with Crippen LogP contribution in [-0.2, 0) is 48.2 Å². The van der Waals surface area contributed by atoms with E-state index in [9.17, 15) is 28.8 Å². The van der Waals surface area contributed by atoms with Gasteiger partial charge in [-0.3, -0.25) is 38.5 Å². The molecule has 0 aliphatic carbocycles. The van der Waals surface area contributed by atoms with Gasteiger partial charge in [0.15, 0.2) is 0 Å². The number of nitrogens with zero attached hydrogens (tertiary/aromatic N) is 8. The van der Waals surface area contributed by atoms with Crippen LogP contribution in [0.15, 0.2) is 101 Å². The molecule has 11 atom stereocenters. The van der Waals surface area contributed by atoms with Crippen LogP contribution in [0.1, 0.15) is 157 Å². The summed E-state index contributed by atoms with van der Waals surface area (Å²) >= 11 is 0. The number of hydrogen-bond donors (Lipinski definition) is 6. The Morgan fingerprint density at radius 2 is 1.09 bits per heavy atom. The Hall–Kier alpha value is -7.06. The number of amides is 6. The number of benzene rings is 3. The lowest BCUT2D eigenvalue weighted by Crippen LogP contribution is -2.58. The average molecular weight is 1120 g/mol. The van der Waals surface area contributed by atoms with E-state index in [-0.39, 0.29) is 53.6 Å². The van der Waals surface area contributed by atoms with Gasteiger partial charge in [0, 0.05) is 25.2 Å².